The van der Waals surface area contributed by atoms with Gasteiger partial charge < -0.3 is 9.84 Å². The first-order valence-corrected chi connectivity index (χ1v) is 11.5. The summed E-state index contributed by atoms with van der Waals surface area (Å²) in [6, 6.07) is 8.47. The number of tetrazole rings is 1. The van der Waals surface area contributed by atoms with Crippen molar-refractivity contribution in [3.8, 4) is 0 Å². The maximum atomic E-state index is 11.6. The van der Waals surface area contributed by atoms with Crippen LogP contribution >= 0.6 is 0 Å². The van der Waals surface area contributed by atoms with E-state index in [1.54, 1.807) is 0 Å². The maximum Gasteiger partial charge on any atom is 0.302 e. The first-order valence-electron chi connectivity index (χ1n) is 11.5. The zero-order valence-corrected chi connectivity index (χ0v) is 19.0. The predicted octanol–water partition coefficient (Wildman–Crippen LogP) is 4.81. The molecule has 1 fully saturated rings. The summed E-state index contributed by atoms with van der Waals surface area (Å²) in [6.45, 7) is 3.55. The Balaban J connectivity index is 1.53. The van der Waals surface area contributed by atoms with Gasteiger partial charge in [-0.15, -0.1) is 5.10 Å². The normalized spacial score (nSPS) is 21.3. The van der Waals surface area contributed by atoms with Crippen molar-refractivity contribution in [1.82, 2.24) is 20.6 Å². The molecule has 7 nitrogen and oxygen atoms in total. The molecule has 3 atom stereocenters. The zero-order chi connectivity index (χ0) is 22.8. The van der Waals surface area contributed by atoms with Gasteiger partial charge in [-0.05, 0) is 73.9 Å². The largest absolute Gasteiger partial charge is 0.512 e. The molecule has 3 rings (SSSR count). The molecular weight excluding hydrogens is 404 g/mol. The van der Waals surface area contributed by atoms with E-state index < -0.39 is 0 Å². The number of nitrogens with zero attached hydrogens (tertiary/aromatic N) is 3. The lowest BCUT2D eigenvalue weighted by Crippen LogP contribution is -2.25. The number of allylic oxidation sites excluding steroid dienone is 4. The second-order valence-corrected chi connectivity index (χ2v) is 8.60. The number of aromatic nitrogens is 4. The van der Waals surface area contributed by atoms with Crippen LogP contribution in [0.25, 0.3) is 0 Å². The highest BCUT2D eigenvalue weighted by atomic mass is 16.5. The fourth-order valence-corrected chi connectivity index (χ4v) is 4.52. The van der Waals surface area contributed by atoms with Crippen LogP contribution in [0.1, 0.15) is 62.4 Å². The summed E-state index contributed by atoms with van der Waals surface area (Å²) < 4.78 is 5.58. The third kappa shape index (κ3) is 7.32. The third-order valence-electron chi connectivity index (χ3n) is 6.07. The Morgan fingerprint density at radius 1 is 1.25 bits per heavy atom. The zero-order valence-electron chi connectivity index (χ0n) is 19.0. The van der Waals surface area contributed by atoms with E-state index in [1.807, 2.05) is 6.08 Å². The number of aliphatic hydroxyl groups excluding tert-OH is 1. The van der Waals surface area contributed by atoms with Crippen molar-refractivity contribution >= 4 is 5.97 Å². The Morgan fingerprint density at radius 2 is 2.12 bits per heavy atom. The molecule has 0 bridgehead atoms. The topological polar surface area (TPSA) is 101 Å². The van der Waals surface area contributed by atoms with Crippen molar-refractivity contribution in [3.63, 3.8) is 0 Å². The van der Waals surface area contributed by atoms with Crippen LogP contribution in [0.3, 0.4) is 0 Å². The minimum atomic E-state index is -0.256. The Hall–Kier alpha value is -2.96. The van der Waals surface area contributed by atoms with Crippen molar-refractivity contribution in [2.75, 3.05) is 0 Å². The van der Waals surface area contributed by atoms with Crippen LogP contribution in [-0.4, -0.2) is 37.8 Å². The minimum absolute atomic E-state index is 0.0294. The maximum absolute atomic E-state index is 11.6. The number of nitrogens with one attached hydrogen (secondary N) is 1. The van der Waals surface area contributed by atoms with Crippen molar-refractivity contribution in [3.05, 3.63) is 65.2 Å². The van der Waals surface area contributed by atoms with Crippen molar-refractivity contribution in [1.29, 1.82) is 0 Å². The fraction of sp³-hybridized carbons (Fsp3) is 0.520. The van der Waals surface area contributed by atoms with E-state index in [-0.39, 0.29) is 23.9 Å². The molecule has 1 aromatic heterocycles. The lowest BCUT2D eigenvalue weighted by Gasteiger charge is -2.23. The molecule has 0 amide bonds. The van der Waals surface area contributed by atoms with Gasteiger partial charge in [0.1, 0.15) is 11.9 Å². The van der Waals surface area contributed by atoms with Gasteiger partial charge in [0.2, 0.25) is 0 Å². The number of esters is 1. The number of hydrogen-bond acceptors (Lipinski definition) is 6. The van der Waals surface area contributed by atoms with Crippen LogP contribution in [0.2, 0.25) is 0 Å². The van der Waals surface area contributed by atoms with Crippen LogP contribution in [-0.2, 0) is 22.4 Å². The molecule has 1 aliphatic rings. The Bertz CT molecular complexity index is 908. The summed E-state index contributed by atoms with van der Waals surface area (Å²) in [5, 5.41) is 24.6. The van der Waals surface area contributed by atoms with E-state index in [1.165, 1.54) is 18.1 Å². The second-order valence-electron chi connectivity index (χ2n) is 8.60. The molecule has 32 heavy (non-hydrogen) atoms. The predicted molar refractivity (Wildman–Crippen MR) is 123 cm³/mol. The molecule has 0 aliphatic heterocycles. The lowest BCUT2D eigenvalue weighted by atomic mass is 9.89. The van der Waals surface area contributed by atoms with Gasteiger partial charge in [0.15, 0.2) is 0 Å². The number of rotatable bonds is 11. The minimum Gasteiger partial charge on any atom is -0.512 e. The number of carbonyl (C=O) groups excluding carboxylic acids is 1. The fourth-order valence-electron chi connectivity index (χ4n) is 4.52. The van der Waals surface area contributed by atoms with Gasteiger partial charge in [-0.3, -0.25) is 4.79 Å². The van der Waals surface area contributed by atoms with Gasteiger partial charge in [0.25, 0.3) is 0 Å². The number of H-pyrrole nitrogens is 1. The first kappa shape index (κ1) is 23.7. The molecule has 0 spiro atoms. The third-order valence-corrected chi connectivity index (χ3v) is 6.07. The lowest BCUT2D eigenvalue weighted by molar-refractivity contribution is -0.148. The quantitative estimate of drug-likeness (QED) is 0.226. The van der Waals surface area contributed by atoms with Crippen LogP contribution in [0.4, 0.5) is 0 Å². The highest BCUT2D eigenvalue weighted by Gasteiger charge is 2.39. The summed E-state index contributed by atoms with van der Waals surface area (Å²) in [5.74, 6) is 1.10. The molecule has 172 valence electrons. The molecule has 1 aromatic carbocycles. The molecular formula is C25H34N4O3. The molecule has 1 saturated carbocycles. The summed E-state index contributed by atoms with van der Waals surface area (Å²) in [7, 11) is 0. The average molecular weight is 439 g/mol. The van der Waals surface area contributed by atoms with Gasteiger partial charge in [0.05, 0.1) is 5.76 Å². The summed E-state index contributed by atoms with van der Waals surface area (Å²) >= 11 is 0. The average Bonchev–Trinajstić information content (AvgIpc) is 3.40. The van der Waals surface area contributed by atoms with Crippen LogP contribution in [0.5, 0.6) is 0 Å². The number of ether oxygens (including phenoxy) is 1. The second kappa shape index (κ2) is 12.2. The number of aromatic amines is 1. The molecule has 0 radical (unpaired) electrons. The molecule has 1 heterocycles. The monoisotopic (exact) mass is 438 g/mol. The SMILES string of the molecule is CC(=O)O[C@H]1CC[C@H](C(O)=CCCc2cccc(C)c2)[C@H]1C/C=C\CCCc1nnn[nH]1. The highest BCUT2D eigenvalue weighted by Crippen LogP contribution is 2.40. The number of aryl methyl sites for hydroxylation is 3. The Morgan fingerprint density at radius 3 is 2.88 bits per heavy atom. The van der Waals surface area contributed by atoms with Gasteiger partial charge in [-0.1, -0.05) is 42.0 Å². The molecule has 2 N–H and O–H groups in total. The van der Waals surface area contributed by atoms with Gasteiger partial charge in [-0.25, -0.2) is 5.10 Å². The van der Waals surface area contributed by atoms with Crippen molar-refractivity contribution < 1.29 is 14.6 Å². The number of unbranched alkanes of at least 4 members (excludes halogenated alkanes) is 1. The molecule has 1 aliphatic carbocycles. The summed E-state index contributed by atoms with van der Waals surface area (Å²) in [5.41, 5.74) is 2.53. The number of aliphatic hydroxyl groups is 1. The van der Waals surface area contributed by atoms with E-state index in [0.29, 0.717) is 5.76 Å². The van der Waals surface area contributed by atoms with E-state index in [9.17, 15) is 9.90 Å². The number of carbonyl (C=O) groups is 1. The van der Waals surface area contributed by atoms with E-state index in [2.05, 4.69) is 64.0 Å². The standard InChI is InChI=1S/C25H34N4O3/c1-18-9-7-10-20(17-18)11-8-13-23(31)21-15-16-24(32-19(2)30)22(21)12-5-3-4-6-14-25-26-28-29-27-25/h3,5,7,9-10,13,17,21-22,24,31H,4,6,8,11-12,14-16H2,1-2H3,(H,26,27,28,29)/b5-3-,23-13?/t21-,22+,24-/m0/s1. The van der Waals surface area contributed by atoms with Crippen LogP contribution < -0.4 is 0 Å². The molecule has 0 saturated heterocycles. The number of hydrogen-bond donors (Lipinski definition) is 2. The Kier molecular flexibility index (Phi) is 9.01. The Labute approximate surface area is 190 Å². The van der Waals surface area contributed by atoms with Crippen molar-refractivity contribution in [2.24, 2.45) is 11.8 Å². The summed E-state index contributed by atoms with van der Waals surface area (Å²) in [6.07, 6.45) is 12.9. The molecule has 2 aromatic rings. The highest BCUT2D eigenvalue weighted by molar-refractivity contribution is 5.66. The molecule has 7 heteroatoms. The van der Waals surface area contributed by atoms with Crippen LogP contribution in [0, 0.1) is 18.8 Å². The first-order chi connectivity index (χ1) is 15.5. The van der Waals surface area contributed by atoms with Gasteiger partial charge in [-0.2, -0.15) is 0 Å². The number of benzene rings is 1. The smallest absolute Gasteiger partial charge is 0.302 e. The van der Waals surface area contributed by atoms with E-state index in [4.69, 9.17) is 4.74 Å². The van der Waals surface area contributed by atoms with Crippen LogP contribution in [0.15, 0.2) is 48.3 Å². The molecule has 0 unspecified atom stereocenters. The van der Waals surface area contributed by atoms with E-state index in [0.717, 1.165) is 57.2 Å². The van der Waals surface area contributed by atoms with Crippen molar-refractivity contribution in [2.45, 2.75) is 71.3 Å². The van der Waals surface area contributed by atoms with E-state index >= 15 is 0 Å². The van der Waals surface area contributed by atoms with Gasteiger partial charge >= 0.3 is 5.97 Å². The summed E-state index contributed by atoms with van der Waals surface area (Å²) in [4.78, 5) is 11.6. The van der Waals surface area contributed by atoms with Gasteiger partial charge in [0, 0.05) is 25.2 Å².